The van der Waals surface area contributed by atoms with E-state index >= 15 is 0 Å². The average Bonchev–Trinajstić information content (AvgIpc) is 2.42. The fraction of sp³-hybridized carbons (Fsp3) is 0.0667. The van der Waals surface area contributed by atoms with Crippen LogP contribution in [0.5, 0.6) is 0 Å². The number of rotatable bonds is 2. The van der Waals surface area contributed by atoms with E-state index in [2.05, 4.69) is 4.98 Å². The lowest BCUT2D eigenvalue weighted by Gasteiger charge is -2.09. The van der Waals surface area contributed by atoms with Gasteiger partial charge in [-0.1, -0.05) is 24.3 Å². The van der Waals surface area contributed by atoms with Gasteiger partial charge in [0, 0.05) is 5.69 Å². The van der Waals surface area contributed by atoms with Crippen LogP contribution < -0.4 is 11.3 Å². The summed E-state index contributed by atoms with van der Waals surface area (Å²) in [6, 6.07) is 15.2. The Kier molecular flexibility index (Phi) is 2.76. The van der Waals surface area contributed by atoms with Gasteiger partial charge in [-0.25, -0.2) is 4.98 Å². The summed E-state index contributed by atoms with van der Waals surface area (Å²) in [7, 11) is 0. The second-order valence-corrected chi connectivity index (χ2v) is 4.42. The van der Waals surface area contributed by atoms with Crippen LogP contribution in [-0.2, 0) is 6.54 Å². The van der Waals surface area contributed by atoms with Gasteiger partial charge < -0.3 is 10.3 Å². The third-order valence-corrected chi connectivity index (χ3v) is 3.04. The number of benzene rings is 2. The van der Waals surface area contributed by atoms with Crippen molar-refractivity contribution < 1.29 is 0 Å². The van der Waals surface area contributed by atoms with Gasteiger partial charge in [-0.05, 0) is 29.8 Å². The summed E-state index contributed by atoms with van der Waals surface area (Å²) in [6.45, 7) is 0.493. The van der Waals surface area contributed by atoms with E-state index in [0.717, 1.165) is 16.6 Å². The monoisotopic (exact) mass is 251 g/mol. The van der Waals surface area contributed by atoms with Gasteiger partial charge >= 0.3 is 0 Å². The zero-order valence-electron chi connectivity index (χ0n) is 10.3. The highest BCUT2D eigenvalue weighted by atomic mass is 16.1. The van der Waals surface area contributed by atoms with Crippen molar-refractivity contribution in [2.24, 2.45) is 0 Å². The number of anilines is 1. The number of nitrogens with zero attached hydrogens (tertiary/aromatic N) is 2. The molecule has 0 amide bonds. The first-order valence-corrected chi connectivity index (χ1v) is 6.03. The summed E-state index contributed by atoms with van der Waals surface area (Å²) >= 11 is 0. The predicted molar refractivity (Wildman–Crippen MR) is 76.0 cm³/mol. The van der Waals surface area contributed by atoms with Gasteiger partial charge in [0.15, 0.2) is 0 Å². The summed E-state index contributed by atoms with van der Waals surface area (Å²) < 4.78 is 1.71. The van der Waals surface area contributed by atoms with Crippen molar-refractivity contribution >= 4 is 16.7 Å². The van der Waals surface area contributed by atoms with Crippen molar-refractivity contribution in [3.8, 4) is 0 Å². The van der Waals surface area contributed by atoms with E-state index in [1.54, 1.807) is 4.57 Å². The molecule has 2 aromatic carbocycles. The molecule has 2 N–H and O–H groups in total. The van der Waals surface area contributed by atoms with Crippen LogP contribution >= 0.6 is 0 Å². The number of hydrogen-bond acceptors (Lipinski definition) is 3. The molecular weight excluding hydrogens is 238 g/mol. The Labute approximate surface area is 110 Å². The smallest absolute Gasteiger partial charge is 0.269 e. The van der Waals surface area contributed by atoms with Crippen LogP contribution in [0.3, 0.4) is 0 Å². The minimum Gasteiger partial charge on any atom is -0.399 e. The van der Waals surface area contributed by atoms with Crippen LogP contribution in [0.25, 0.3) is 11.0 Å². The SMILES string of the molecule is Nc1cccc(Cn2c(=O)cnc3ccccc32)c1. The molecule has 0 saturated heterocycles. The number of hydrogen-bond donors (Lipinski definition) is 1. The van der Waals surface area contributed by atoms with Crippen LogP contribution in [0.15, 0.2) is 59.5 Å². The van der Waals surface area contributed by atoms with Crippen molar-refractivity contribution in [1.29, 1.82) is 0 Å². The van der Waals surface area contributed by atoms with Crippen LogP contribution in [0.1, 0.15) is 5.56 Å². The molecule has 0 saturated carbocycles. The van der Waals surface area contributed by atoms with Crippen LogP contribution in [-0.4, -0.2) is 9.55 Å². The fourth-order valence-electron chi connectivity index (χ4n) is 2.15. The van der Waals surface area contributed by atoms with E-state index in [9.17, 15) is 4.79 Å². The van der Waals surface area contributed by atoms with E-state index in [1.807, 2.05) is 48.5 Å². The molecule has 1 heterocycles. The molecule has 0 spiro atoms. The molecule has 0 atom stereocenters. The third-order valence-electron chi connectivity index (χ3n) is 3.04. The Morgan fingerprint density at radius 2 is 1.95 bits per heavy atom. The molecule has 0 aliphatic rings. The zero-order valence-corrected chi connectivity index (χ0v) is 10.3. The van der Waals surface area contributed by atoms with Crippen LogP contribution in [0.2, 0.25) is 0 Å². The Morgan fingerprint density at radius 3 is 2.79 bits per heavy atom. The summed E-state index contributed by atoms with van der Waals surface area (Å²) in [4.78, 5) is 16.1. The zero-order chi connectivity index (χ0) is 13.2. The molecular formula is C15H13N3O. The van der Waals surface area contributed by atoms with Crippen molar-refractivity contribution in [3.63, 3.8) is 0 Å². The van der Waals surface area contributed by atoms with Crippen molar-refractivity contribution in [2.75, 3.05) is 5.73 Å². The Morgan fingerprint density at radius 1 is 1.11 bits per heavy atom. The standard InChI is InChI=1S/C15H13N3O/c16-12-5-3-4-11(8-12)10-18-14-7-2-1-6-13(14)17-9-15(18)19/h1-9H,10,16H2. The maximum atomic E-state index is 12.0. The first-order valence-electron chi connectivity index (χ1n) is 6.03. The second kappa shape index (κ2) is 4.57. The van der Waals surface area contributed by atoms with Gasteiger partial charge in [-0.15, -0.1) is 0 Å². The molecule has 3 rings (SSSR count). The van der Waals surface area contributed by atoms with Crippen LogP contribution in [0.4, 0.5) is 5.69 Å². The maximum absolute atomic E-state index is 12.0. The van der Waals surface area contributed by atoms with Crippen molar-refractivity contribution in [1.82, 2.24) is 9.55 Å². The number of aromatic nitrogens is 2. The molecule has 0 aliphatic carbocycles. The number of para-hydroxylation sites is 2. The minimum absolute atomic E-state index is 0.110. The molecule has 3 aromatic rings. The Balaban J connectivity index is 2.14. The van der Waals surface area contributed by atoms with Gasteiger partial charge in [0.2, 0.25) is 0 Å². The molecule has 0 radical (unpaired) electrons. The lowest BCUT2D eigenvalue weighted by atomic mass is 10.2. The van der Waals surface area contributed by atoms with Gasteiger partial charge in [0.05, 0.1) is 23.8 Å². The number of nitrogens with two attached hydrogens (primary N) is 1. The number of nitrogen functional groups attached to an aromatic ring is 1. The highest BCUT2D eigenvalue weighted by Crippen LogP contribution is 2.12. The largest absolute Gasteiger partial charge is 0.399 e. The van der Waals surface area contributed by atoms with E-state index < -0.39 is 0 Å². The predicted octanol–water partition coefficient (Wildman–Crippen LogP) is 2.03. The van der Waals surface area contributed by atoms with Gasteiger partial charge in [-0.2, -0.15) is 0 Å². The van der Waals surface area contributed by atoms with Crippen molar-refractivity contribution in [3.05, 3.63) is 70.6 Å². The quantitative estimate of drug-likeness (QED) is 0.709. The molecule has 0 unspecified atom stereocenters. The topological polar surface area (TPSA) is 60.9 Å². The van der Waals surface area contributed by atoms with E-state index in [4.69, 9.17) is 5.73 Å². The Bertz CT molecular complexity index is 792. The summed E-state index contributed by atoms with van der Waals surface area (Å²) in [5.41, 5.74) is 8.99. The summed E-state index contributed by atoms with van der Waals surface area (Å²) in [5, 5.41) is 0. The number of fused-ring (bicyclic) bond motifs is 1. The first kappa shape index (κ1) is 11.5. The average molecular weight is 251 g/mol. The van der Waals surface area contributed by atoms with Crippen molar-refractivity contribution in [2.45, 2.75) is 6.54 Å². The summed E-state index contributed by atoms with van der Waals surface area (Å²) in [5.74, 6) is 0. The molecule has 4 nitrogen and oxygen atoms in total. The molecule has 0 bridgehead atoms. The molecule has 1 aromatic heterocycles. The van der Waals surface area contributed by atoms with Gasteiger partial charge in [0.1, 0.15) is 0 Å². The maximum Gasteiger partial charge on any atom is 0.269 e. The second-order valence-electron chi connectivity index (χ2n) is 4.42. The van der Waals surface area contributed by atoms with E-state index in [0.29, 0.717) is 12.2 Å². The molecule has 19 heavy (non-hydrogen) atoms. The van der Waals surface area contributed by atoms with Gasteiger partial charge in [0.25, 0.3) is 5.56 Å². The molecule has 0 fully saturated rings. The lowest BCUT2D eigenvalue weighted by molar-refractivity contribution is 0.787. The highest BCUT2D eigenvalue weighted by Gasteiger charge is 2.04. The lowest BCUT2D eigenvalue weighted by Crippen LogP contribution is -2.21. The first-order chi connectivity index (χ1) is 9.24. The third kappa shape index (κ3) is 2.20. The van der Waals surface area contributed by atoms with Gasteiger partial charge in [-0.3, -0.25) is 4.79 Å². The molecule has 0 aliphatic heterocycles. The molecule has 4 heteroatoms. The fourth-order valence-corrected chi connectivity index (χ4v) is 2.15. The Hall–Kier alpha value is -2.62. The van der Waals surface area contributed by atoms with E-state index in [-0.39, 0.29) is 5.56 Å². The normalized spacial score (nSPS) is 10.7. The minimum atomic E-state index is -0.110. The summed E-state index contributed by atoms with van der Waals surface area (Å²) in [6.07, 6.45) is 1.36. The highest BCUT2D eigenvalue weighted by molar-refractivity contribution is 5.74. The van der Waals surface area contributed by atoms with Crippen LogP contribution in [0, 0.1) is 0 Å². The molecule has 94 valence electrons. The van der Waals surface area contributed by atoms with E-state index in [1.165, 1.54) is 6.20 Å².